The fourth-order valence-electron chi connectivity index (χ4n) is 2.99. The van der Waals surface area contributed by atoms with Crippen LogP contribution in [0.4, 0.5) is 10.6 Å². The van der Waals surface area contributed by atoms with Gasteiger partial charge in [0.15, 0.2) is 5.82 Å². The highest BCUT2D eigenvalue weighted by molar-refractivity contribution is 5.89. The van der Waals surface area contributed by atoms with E-state index in [1.165, 1.54) is 19.3 Å². The molecule has 2 aromatic rings. The number of nitrogens with zero attached hydrogens (tertiary/aromatic N) is 2. The summed E-state index contributed by atoms with van der Waals surface area (Å²) in [7, 11) is 1.88. The van der Waals surface area contributed by atoms with E-state index in [-0.39, 0.29) is 6.03 Å². The number of hydrogen-bond donors (Lipinski definition) is 2. The van der Waals surface area contributed by atoms with Crippen LogP contribution in [0.1, 0.15) is 32.1 Å². The minimum Gasteiger partial charge on any atom is -0.335 e. The molecule has 1 aliphatic carbocycles. The highest BCUT2D eigenvalue weighted by Crippen LogP contribution is 2.22. The summed E-state index contributed by atoms with van der Waals surface area (Å²) in [6.45, 7) is 0. The summed E-state index contributed by atoms with van der Waals surface area (Å²) in [5, 5.41) is 10.2. The molecule has 0 aliphatic heterocycles. The van der Waals surface area contributed by atoms with Crippen molar-refractivity contribution in [3.63, 3.8) is 0 Å². The molecule has 22 heavy (non-hydrogen) atoms. The largest absolute Gasteiger partial charge is 0.335 e. The van der Waals surface area contributed by atoms with Crippen LogP contribution >= 0.6 is 0 Å². The van der Waals surface area contributed by atoms with Gasteiger partial charge in [-0.25, -0.2) is 4.79 Å². The Morgan fingerprint density at radius 2 is 1.91 bits per heavy atom. The molecule has 5 heteroatoms. The quantitative estimate of drug-likeness (QED) is 0.910. The number of urea groups is 1. The number of aromatic nitrogens is 2. The van der Waals surface area contributed by atoms with Gasteiger partial charge < -0.3 is 5.32 Å². The van der Waals surface area contributed by atoms with Gasteiger partial charge in [0.05, 0.1) is 5.69 Å². The lowest BCUT2D eigenvalue weighted by atomic mass is 9.96. The number of aryl methyl sites for hydroxylation is 1. The second-order valence-corrected chi connectivity index (χ2v) is 5.84. The lowest BCUT2D eigenvalue weighted by molar-refractivity contribution is 0.244. The van der Waals surface area contributed by atoms with Crippen molar-refractivity contribution in [1.82, 2.24) is 15.1 Å². The topological polar surface area (TPSA) is 59.0 Å². The number of rotatable bonds is 3. The third-order valence-electron chi connectivity index (χ3n) is 4.13. The van der Waals surface area contributed by atoms with Crippen molar-refractivity contribution in [2.45, 2.75) is 38.1 Å². The molecule has 116 valence electrons. The van der Waals surface area contributed by atoms with Crippen LogP contribution in [0.5, 0.6) is 0 Å². The van der Waals surface area contributed by atoms with E-state index < -0.39 is 0 Å². The number of amides is 2. The van der Waals surface area contributed by atoms with E-state index in [0.717, 1.165) is 24.1 Å². The summed E-state index contributed by atoms with van der Waals surface area (Å²) in [5.74, 6) is 0.578. The molecule has 5 nitrogen and oxygen atoms in total. The Morgan fingerprint density at radius 1 is 1.18 bits per heavy atom. The molecule has 1 aliphatic rings. The average Bonchev–Trinajstić information content (AvgIpc) is 2.89. The number of benzene rings is 1. The molecule has 0 atom stereocenters. The molecule has 0 spiro atoms. The number of carbonyl (C=O) groups excluding carboxylic acids is 1. The molecule has 1 saturated carbocycles. The maximum Gasteiger partial charge on any atom is 0.320 e. The van der Waals surface area contributed by atoms with Crippen molar-refractivity contribution in [2.75, 3.05) is 5.32 Å². The van der Waals surface area contributed by atoms with E-state index in [9.17, 15) is 4.79 Å². The number of anilines is 1. The lowest BCUT2D eigenvalue weighted by Gasteiger charge is -2.22. The Bertz CT molecular complexity index is 629. The van der Waals surface area contributed by atoms with Gasteiger partial charge in [0, 0.05) is 19.2 Å². The highest BCUT2D eigenvalue weighted by atomic mass is 16.2. The standard InChI is InChI=1S/C17H22N4O/c1-21-15(13-8-4-2-5-9-13)12-16(20-21)19-17(22)18-14-10-6-3-7-11-14/h2,4-5,8-9,12,14H,3,6-7,10-11H2,1H3,(H2,18,19,20,22). The molecule has 0 saturated heterocycles. The van der Waals surface area contributed by atoms with Crippen molar-refractivity contribution in [2.24, 2.45) is 7.05 Å². The van der Waals surface area contributed by atoms with Gasteiger partial charge in [-0.05, 0) is 18.4 Å². The van der Waals surface area contributed by atoms with Crippen LogP contribution in [0.3, 0.4) is 0 Å². The van der Waals surface area contributed by atoms with Crippen LogP contribution in [0.2, 0.25) is 0 Å². The molecule has 1 heterocycles. The molecule has 0 bridgehead atoms. The Morgan fingerprint density at radius 3 is 2.64 bits per heavy atom. The minimum atomic E-state index is -0.162. The first-order valence-corrected chi connectivity index (χ1v) is 7.89. The summed E-state index contributed by atoms with van der Waals surface area (Å²) in [5.41, 5.74) is 2.06. The minimum absolute atomic E-state index is 0.162. The predicted molar refractivity (Wildman–Crippen MR) is 87.7 cm³/mol. The van der Waals surface area contributed by atoms with E-state index >= 15 is 0 Å². The molecule has 2 amide bonds. The van der Waals surface area contributed by atoms with E-state index in [1.54, 1.807) is 4.68 Å². The number of carbonyl (C=O) groups is 1. The van der Waals surface area contributed by atoms with Crippen molar-refractivity contribution < 1.29 is 4.79 Å². The Labute approximate surface area is 130 Å². The third kappa shape index (κ3) is 3.47. The lowest BCUT2D eigenvalue weighted by Crippen LogP contribution is -2.39. The molecular weight excluding hydrogens is 276 g/mol. The van der Waals surface area contributed by atoms with Crippen molar-refractivity contribution in [3.05, 3.63) is 36.4 Å². The summed E-state index contributed by atoms with van der Waals surface area (Å²) in [6, 6.07) is 12.1. The van der Waals surface area contributed by atoms with Gasteiger partial charge in [0.25, 0.3) is 0 Å². The monoisotopic (exact) mass is 298 g/mol. The Hall–Kier alpha value is -2.30. The Kier molecular flexibility index (Phi) is 4.42. The van der Waals surface area contributed by atoms with Gasteiger partial charge >= 0.3 is 6.03 Å². The second-order valence-electron chi connectivity index (χ2n) is 5.84. The first kappa shape index (κ1) is 14.6. The van der Waals surface area contributed by atoms with Crippen LogP contribution in [-0.2, 0) is 7.05 Å². The maximum atomic E-state index is 12.1. The fourth-order valence-corrected chi connectivity index (χ4v) is 2.99. The molecule has 2 N–H and O–H groups in total. The highest BCUT2D eigenvalue weighted by Gasteiger charge is 2.16. The average molecular weight is 298 g/mol. The van der Waals surface area contributed by atoms with Crippen molar-refractivity contribution in [1.29, 1.82) is 0 Å². The van der Waals surface area contributed by atoms with Crippen molar-refractivity contribution >= 4 is 11.8 Å². The maximum absolute atomic E-state index is 12.1. The van der Waals surface area contributed by atoms with Gasteiger partial charge in [-0.1, -0.05) is 49.6 Å². The zero-order chi connectivity index (χ0) is 15.4. The number of hydrogen-bond acceptors (Lipinski definition) is 2. The van der Waals surface area contributed by atoms with E-state index in [2.05, 4.69) is 15.7 Å². The molecule has 1 aromatic heterocycles. The van der Waals surface area contributed by atoms with Gasteiger partial charge in [-0.15, -0.1) is 0 Å². The van der Waals surface area contributed by atoms with Crippen LogP contribution in [0.25, 0.3) is 11.3 Å². The molecule has 1 fully saturated rings. The molecule has 0 unspecified atom stereocenters. The first-order chi connectivity index (χ1) is 10.7. The zero-order valence-corrected chi connectivity index (χ0v) is 12.9. The molecular formula is C17H22N4O. The smallest absolute Gasteiger partial charge is 0.320 e. The van der Waals surface area contributed by atoms with Gasteiger partial charge in [-0.3, -0.25) is 10.00 Å². The van der Waals surface area contributed by atoms with Crippen LogP contribution in [0, 0.1) is 0 Å². The molecule has 0 radical (unpaired) electrons. The van der Waals surface area contributed by atoms with Crippen LogP contribution < -0.4 is 10.6 Å². The van der Waals surface area contributed by atoms with Gasteiger partial charge in [0.2, 0.25) is 0 Å². The van der Waals surface area contributed by atoms with E-state index in [4.69, 9.17) is 0 Å². The zero-order valence-electron chi connectivity index (χ0n) is 12.9. The summed E-state index contributed by atoms with van der Waals surface area (Å²) < 4.78 is 1.78. The summed E-state index contributed by atoms with van der Waals surface area (Å²) in [4.78, 5) is 12.1. The Balaban J connectivity index is 1.64. The summed E-state index contributed by atoms with van der Waals surface area (Å²) in [6.07, 6.45) is 5.83. The van der Waals surface area contributed by atoms with Gasteiger partial charge in [-0.2, -0.15) is 5.10 Å². The van der Waals surface area contributed by atoms with E-state index in [0.29, 0.717) is 11.9 Å². The first-order valence-electron chi connectivity index (χ1n) is 7.89. The normalized spacial score (nSPS) is 15.5. The number of nitrogens with one attached hydrogen (secondary N) is 2. The fraction of sp³-hybridized carbons (Fsp3) is 0.412. The third-order valence-corrected chi connectivity index (χ3v) is 4.13. The van der Waals surface area contributed by atoms with Crippen LogP contribution in [0.15, 0.2) is 36.4 Å². The second kappa shape index (κ2) is 6.64. The van der Waals surface area contributed by atoms with Crippen molar-refractivity contribution in [3.8, 4) is 11.3 Å². The van der Waals surface area contributed by atoms with E-state index in [1.807, 2.05) is 43.4 Å². The molecule has 1 aromatic carbocycles. The summed E-state index contributed by atoms with van der Waals surface area (Å²) >= 11 is 0. The molecule has 3 rings (SSSR count). The van der Waals surface area contributed by atoms with Crippen LogP contribution in [-0.4, -0.2) is 21.9 Å². The van der Waals surface area contributed by atoms with Gasteiger partial charge in [0.1, 0.15) is 0 Å². The SMILES string of the molecule is Cn1nc(NC(=O)NC2CCCCC2)cc1-c1ccccc1. The predicted octanol–water partition coefficient (Wildman–Crippen LogP) is 3.54.